The Bertz CT molecular complexity index is 657. The van der Waals surface area contributed by atoms with Crippen LogP contribution in [-0.2, 0) is 22.6 Å². The van der Waals surface area contributed by atoms with E-state index in [9.17, 15) is 4.79 Å². The summed E-state index contributed by atoms with van der Waals surface area (Å²) in [6, 6.07) is 16.6. The third-order valence-electron chi connectivity index (χ3n) is 3.12. The molecule has 106 valence electrons. The first-order valence-electron chi connectivity index (χ1n) is 6.67. The first-order chi connectivity index (χ1) is 10.2. The van der Waals surface area contributed by atoms with Crippen molar-refractivity contribution in [2.45, 2.75) is 19.4 Å². The van der Waals surface area contributed by atoms with Crippen LogP contribution in [0.5, 0.6) is 0 Å². The third kappa shape index (κ3) is 4.36. The predicted molar refractivity (Wildman–Crippen MR) is 80.1 cm³/mol. The number of nitrogen functional groups attached to an aromatic ring is 1. The zero-order valence-electron chi connectivity index (χ0n) is 11.6. The minimum absolute atomic E-state index is 0.129. The molecular weight excluding hydrogens is 264 g/mol. The van der Waals surface area contributed by atoms with Crippen LogP contribution in [-0.4, -0.2) is 5.97 Å². The summed E-state index contributed by atoms with van der Waals surface area (Å²) in [5, 5.41) is 8.96. The van der Waals surface area contributed by atoms with Crippen LogP contribution in [0.25, 0.3) is 0 Å². The minimum Gasteiger partial charge on any atom is -0.461 e. The highest BCUT2D eigenvalue weighted by atomic mass is 16.5. The largest absolute Gasteiger partial charge is 0.461 e. The Morgan fingerprint density at radius 1 is 1.14 bits per heavy atom. The lowest BCUT2D eigenvalue weighted by Crippen LogP contribution is -2.06. The lowest BCUT2D eigenvalue weighted by molar-refractivity contribution is -0.144. The number of esters is 1. The summed E-state index contributed by atoms with van der Waals surface area (Å²) >= 11 is 0. The first kappa shape index (κ1) is 14.6. The van der Waals surface area contributed by atoms with Crippen LogP contribution < -0.4 is 5.73 Å². The Labute approximate surface area is 123 Å². The van der Waals surface area contributed by atoms with E-state index in [0.717, 1.165) is 11.1 Å². The van der Waals surface area contributed by atoms with E-state index in [1.54, 1.807) is 18.2 Å². The van der Waals surface area contributed by atoms with Gasteiger partial charge in [-0.3, -0.25) is 4.79 Å². The van der Waals surface area contributed by atoms with Crippen LogP contribution in [0.2, 0.25) is 0 Å². The quantitative estimate of drug-likeness (QED) is 0.675. The maximum Gasteiger partial charge on any atom is 0.306 e. The summed E-state index contributed by atoms with van der Waals surface area (Å²) in [5.41, 5.74) is 8.60. The number of carbonyl (C=O) groups is 1. The smallest absolute Gasteiger partial charge is 0.306 e. The van der Waals surface area contributed by atoms with Gasteiger partial charge in [-0.2, -0.15) is 5.26 Å². The van der Waals surface area contributed by atoms with Gasteiger partial charge in [0.1, 0.15) is 6.61 Å². The van der Waals surface area contributed by atoms with Gasteiger partial charge in [0, 0.05) is 17.7 Å². The molecule has 0 aliphatic heterocycles. The lowest BCUT2D eigenvalue weighted by Gasteiger charge is -2.06. The van der Waals surface area contributed by atoms with Gasteiger partial charge in [0.2, 0.25) is 0 Å². The molecule has 0 heterocycles. The second-order valence-electron chi connectivity index (χ2n) is 4.67. The fourth-order valence-electron chi connectivity index (χ4n) is 1.92. The van der Waals surface area contributed by atoms with Gasteiger partial charge < -0.3 is 10.5 Å². The van der Waals surface area contributed by atoms with E-state index in [-0.39, 0.29) is 12.6 Å². The van der Waals surface area contributed by atoms with Crippen LogP contribution in [0.1, 0.15) is 23.1 Å². The Kier molecular flexibility index (Phi) is 4.94. The van der Waals surface area contributed by atoms with Crippen molar-refractivity contribution in [3.05, 3.63) is 65.2 Å². The predicted octanol–water partition coefficient (Wildman–Crippen LogP) is 2.82. The molecule has 2 rings (SSSR count). The molecule has 0 fully saturated rings. The molecule has 0 unspecified atom stereocenters. The van der Waals surface area contributed by atoms with Gasteiger partial charge in [-0.15, -0.1) is 0 Å². The number of nitrogens with two attached hydrogens (primary N) is 1. The summed E-state index contributed by atoms with van der Waals surface area (Å²) < 4.78 is 5.20. The SMILES string of the molecule is N#Cc1ccccc1COC(=O)CCc1ccc(N)cc1. The zero-order chi connectivity index (χ0) is 15.1. The van der Waals surface area contributed by atoms with Crippen molar-refractivity contribution < 1.29 is 9.53 Å². The number of rotatable bonds is 5. The van der Waals surface area contributed by atoms with Gasteiger partial charge in [-0.05, 0) is 30.2 Å². The highest BCUT2D eigenvalue weighted by Crippen LogP contribution is 2.11. The minimum atomic E-state index is -0.278. The standard InChI is InChI=1S/C17H16N2O2/c18-11-14-3-1-2-4-15(14)12-21-17(20)10-7-13-5-8-16(19)9-6-13/h1-6,8-9H,7,10,12,19H2. The van der Waals surface area contributed by atoms with Gasteiger partial charge in [-0.25, -0.2) is 0 Å². The number of nitrogens with zero attached hydrogens (tertiary/aromatic N) is 1. The summed E-state index contributed by atoms with van der Waals surface area (Å²) in [6.45, 7) is 0.129. The molecular formula is C17H16N2O2. The molecule has 0 spiro atoms. The Morgan fingerprint density at radius 2 is 1.86 bits per heavy atom. The molecule has 0 amide bonds. The molecule has 21 heavy (non-hydrogen) atoms. The van der Waals surface area contributed by atoms with Crippen molar-refractivity contribution in [1.82, 2.24) is 0 Å². The number of nitriles is 1. The van der Waals surface area contributed by atoms with E-state index in [2.05, 4.69) is 6.07 Å². The van der Waals surface area contributed by atoms with E-state index in [1.165, 1.54) is 0 Å². The number of aryl methyl sites for hydroxylation is 1. The fraction of sp³-hybridized carbons (Fsp3) is 0.176. The molecule has 0 aromatic heterocycles. The number of anilines is 1. The lowest BCUT2D eigenvalue weighted by atomic mass is 10.1. The van der Waals surface area contributed by atoms with Gasteiger partial charge in [0.15, 0.2) is 0 Å². The number of benzene rings is 2. The van der Waals surface area contributed by atoms with Crippen LogP contribution in [0.15, 0.2) is 48.5 Å². The highest BCUT2D eigenvalue weighted by Gasteiger charge is 2.06. The van der Waals surface area contributed by atoms with Crippen molar-refractivity contribution in [2.75, 3.05) is 5.73 Å². The average Bonchev–Trinajstić information content (AvgIpc) is 2.52. The van der Waals surface area contributed by atoms with Crippen molar-refractivity contribution >= 4 is 11.7 Å². The van der Waals surface area contributed by atoms with Gasteiger partial charge >= 0.3 is 5.97 Å². The van der Waals surface area contributed by atoms with Crippen molar-refractivity contribution in [1.29, 1.82) is 5.26 Å². The van der Waals surface area contributed by atoms with E-state index in [1.807, 2.05) is 30.3 Å². The molecule has 0 aliphatic carbocycles. The van der Waals surface area contributed by atoms with Gasteiger partial charge in [-0.1, -0.05) is 30.3 Å². The molecule has 0 atom stereocenters. The average molecular weight is 280 g/mol. The number of hydrogen-bond donors (Lipinski definition) is 1. The first-order valence-corrected chi connectivity index (χ1v) is 6.67. The second kappa shape index (κ2) is 7.11. The molecule has 2 aromatic carbocycles. The van der Waals surface area contributed by atoms with Crippen LogP contribution >= 0.6 is 0 Å². The van der Waals surface area contributed by atoms with E-state index >= 15 is 0 Å². The maximum absolute atomic E-state index is 11.7. The molecule has 0 saturated heterocycles. The number of carbonyl (C=O) groups excluding carboxylic acids is 1. The summed E-state index contributed by atoms with van der Waals surface area (Å²) in [6.07, 6.45) is 0.914. The molecule has 2 aromatic rings. The van der Waals surface area contributed by atoms with Crippen LogP contribution in [0.4, 0.5) is 5.69 Å². The number of ether oxygens (including phenoxy) is 1. The molecule has 0 radical (unpaired) electrons. The van der Waals surface area contributed by atoms with E-state index in [0.29, 0.717) is 24.1 Å². The molecule has 4 heteroatoms. The van der Waals surface area contributed by atoms with Gasteiger partial charge in [0.05, 0.1) is 11.6 Å². The molecule has 2 N–H and O–H groups in total. The van der Waals surface area contributed by atoms with Crippen molar-refractivity contribution in [3.63, 3.8) is 0 Å². The third-order valence-corrected chi connectivity index (χ3v) is 3.12. The van der Waals surface area contributed by atoms with E-state index < -0.39 is 0 Å². The normalized spacial score (nSPS) is 9.86. The molecule has 4 nitrogen and oxygen atoms in total. The monoisotopic (exact) mass is 280 g/mol. The van der Waals surface area contributed by atoms with Crippen LogP contribution in [0.3, 0.4) is 0 Å². The fourth-order valence-corrected chi connectivity index (χ4v) is 1.92. The number of hydrogen-bond acceptors (Lipinski definition) is 4. The van der Waals surface area contributed by atoms with Crippen LogP contribution in [0, 0.1) is 11.3 Å². The highest BCUT2D eigenvalue weighted by molar-refractivity contribution is 5.69. The second-order valence-corrected chi connectivity index (χ2v) is 4.67. The van der Waals surface area contributed by atoms with E-state index in [4.69, 9.17) is 15.7 Å². The maximum atomic E-state index is 11.7. The van der Waals surface area contributed by atoms with Gasteiger partial charge in [0.25, 0.3) is 0 Å². The molecule has 0 saturated carbocycles. The molecule has 0 aliphatic rings. The summed E-state index contributed by atoms with van der Waals surface area (Å²) in [7, 11) is 0. The zero-order valence-corrected chi connectivity index (χ0v) is 11.6. The van der Waals surface area contributed by atoms with Crippen molar-refractivity contribution in [2.24, 2.45) is 0 Å². The Hall–Kier alpha value is -2.80. The topological polar surface area (TPSA) is 76.1 Å². The summed E-state index contributed by atoms with van der Waals surface area (Å²) in [5.74, 6) is -0.278. The van der Waals surface area contributed by atoms with Crippen molar-refractivity contribution in [3.8, 4) is 6.07 Å². The summed E-state index contributed by atoms with van der Waals surface area (Å²) in [4.78, 5) is 11.7. The Morgan fingerprint density at radius 3 is 2.57 bits per heavy atom. The molecule has 0 bridgehead atoms. The Balaban J connectivity index is 1.82.